The second kappa shape index (κ2) is 9.96. The molecule has 0 aliphatic carbocycles. The minimum Gasteiger partial charge on any atom is -0.302 e. The molecule has 2 heterocycles. The minimum absolute atomic E-state index is 0.250. The van der Waals surface area contributed by atoms with Crippen LogP contribution in [0.2, 0.25) is 0 Å². The quantitative estimate of drug-likeness (QED) is 0.462. The SMILES string of the molecule is C/C=C\C(C)=C(\CC)c1ccc(C(C)OP(=O)(O)OC)c(-n2nc(C#N)cc2C)n1. The molecule has 9 heteroatoms. The fraction of sp³-hybridized carbons (Fsp3) is 0.381. The first kappa shape index (κ1) is 23.7. The highest BCUT2D eigenvalue weighted by Gasteiger charge is 2.27. The lowest BCUT2D eigenvalue weighted by Gasteiger charge is -2.20. The standard InChI is InChI=1S/C21H27N4O4P/c1-7-9-14(3)18(8-2)20-11-10-19(16(5)29-30(26,27)28-6)21(23-20)25-15(4)12-17(13-22)24-25/h7,9-12,16H,8H2,1-6H3,(H,26,27)/b9-7-,18-14-. The Morgan fingerprint density at radius 1 is 1.47 bits per heavy atom. The molecule has 0 aliphatic rings. The van der Waals surface area contributed by atoms with E-state index in [0.717, 1.165) is 30.4 Å². The van der Waals surface area contributed by atoms with Crippen LogP contribution in [-0.2, 0) is 13.6 Å². The van der Waals surface area contributed by atoms with Gasteiger partial charge in [0.2, 0.25) is 0 Å². The molecule has 2 aromatic heterocycles. The van der Waals surface area contributed by atoms with Crippen molar-refractivity contribution in [2.45, 2.75) is 47.1 Å². The highest BCUT2D eigenvalue weighted by Crippen LogP contribution is 2.47. The molecule has 8 nitrogen and oxygen atoms in total. The van der Waals surface area contributed by atoms with E-state index in [4.69, 9.17) is 9.51 Å². The van der Waals surface area contributed by atoms with Crippen molar-refractivity contribution < 1.29 is 18.5 Å². The number of hydrogen-bond donors (Lipinski definition) is 1. The van der Waals surface area contributed by atoms with Gasteiger partial charge in [0.05, 0.1) is 11.8 Å². The molecular formula is C21H27N4O4P. The first-order valence-electron chi connectivity index (χ1n) is 9.55. The zero-order chi connectivity index (χ0) is 22.5. The Hall–Kier alpha value is -2.56. The molecule has 0 aromatic carbocycles. The first-order chi connectivity index (χ1) is 14.2. The van der Waals surface area contributed by atoms with Crippen LogP contribution < -0.4 is 0 Å². The molecule has 2 rings (SSSR count). The predicted molar refractivity (Wildman–Crippen MR) is 115 cm³/mol. The number of aryl methyl sites for hydroxylation is 1. The number of aromatic nitrogens is 3. The Balaban J connectivity index is 2.72. The minimum atomic E-state index is -4.21. The van der Waals surface area contributed by atoms with E-state index in [1.54, 1.807) is 23.7 Å². The molecule has 2 atom stereocenters. The number of rotatable bonds is 8. The van der Waals surface area contributed by atoms with Gasteiger partial charge < -0.3 is 4.89 Å². The molecule has 0 fully saturated rings. The second-order valence-electron chi connectivity index (χ2n) is 6.72. The average Bonchev–Trinajstić information content (AvgIpc) is 3.09. The monoisotopic (exact) mass is 430 g/mol. The molecule has 1 N–H and O–H groups in total. The summed E-state index contributed by atoms with van der Waals surface area (Å²) in [6.07, 6.45) is 3.95. The van der Waals surface area contributed by atoms with Gasteiger partial charge in [-0.3, -0.25) is 9.05 Å². The number of hydrogen-bond acceptors (Lipinski definition) is 6. The van der Waals surface area contributed by atoms with E-state index in [1.165, 1.54) is 0 Å². The summed E-state index contributed by atoms with van der Waals surface area (Å²) in [7, 11) is -3.10. The van der Waals surface area contributed by atoms with Crippen molar-refractivity contribution in [3.63, 3.8) is 0 Å². The van der Waals surface area contributed by atoms with Gasteiger partial charge in [0, 0.05) is 18.4 Å². The third-order valence-electron chi connectivity index (χ3n) is 4.62. The van der Waals surface area contributed by atoms with Gasteiger partial charge in [-0.25, -0.2) is 14.2 Å². The van der Waals surface area contributed by atoms with Gasteiger partial charge in [-0.1, -0.05) is 25.1 Å². The Morgan fingerprint density at radius 2 is 2.17 bits per heavy atom. The maximum atomic E-state index is 11.9. The van der Waals surface area contributed by atoms with Gasteiger partial charge in [-0.05, 0) is 57.4 Å². The Kier molecular flexibility index (Phi) is 7.88. The third-order valence-corrected chi connectivity index (χ3v) is 5.67. The molecule has 0 radical (unpaired) electrons. The second-order valence-corrected chi connectivity index (χ2v) is 8.23. The van der Waals surface area contributed by atoms with E-state index in [-0.39, 0.29) is 5.69 Å². The van der Waals surface area contributed by atoms with E-state index < -0.39 is 13.9 Å². The number of nitrogens with zero attached hydrogens (tertiary/aromatic N) is 4. The van der Waals surface area contributed by atoms with Gasteiger partial charge in [0.15, 0.2) is 11.5 Å². The van der Waals surface area contributed by atoms with E-state index in [9.17, 15) is 14.7 Å². The summed E-state index contributed by atoms with van der Waals surface area (Å²) < 4.78 is 23.3. The lowest BCUT2D eigenvalue weighted by molar-refractivity contribution is 0.129. The van der Waals surface area contributed by atoms with Crippen LogP contribution in [0.3, 0.4) is 0 Å². The molecule has 2 aromatic rings. The van der Waals surface area contributed by atoms with Crippen molar-refractivity contribution in [1.29, 1.82) is 5.26 Å². The summed E-state index contributed by atoms with van der Waals surface area (Å²) in [5.41, 5.74) is 4.40. The fourth-order valence-electron chi connectivity index (χ4n) is 3.17. The highest BCUT2D eigenvalue weighted by atomic mass is 31.2. The average molecular weight is 430 g/mol. The molecule has 0 bridgehead atoms. The smallest absolute Gasteiger partial charge is 0.302 e. The van der Waals surface area contributed by atoms with Gasteiger partial charge in [0.1, 0.15) is 6.07 Å². The topological polar surface area (TPSA) is 110 Å². The summed E-state index contributed by atoms with van der Waals surface area (Å²) >= 11 is 0. The molecular weight excluding hydrogens is 403 g/mol. The van der Waals surface area contributed by atoms with Crippen LogP contribution in [-0.4, -0.2) is 26.8 Å². The lowest BCUT2D eigenvalue weighted by atomic mass is 10.0. The van der Waals surface area contributed by atoms with Crippen LogP contribution in [0.15, 0.2) is 35.9 Å². The van der Waals surface area contributed by atoms with Crippen molar-refractivity contribution in [1.82, 2.24) is 14.8 Å². The number of allylic oxidation sites excluding steroid dienone is 4. The summed E-state index contributed by atoms with van der Waals surface area (Å²) in [5, 5.41) is 13.5. The summed E-state index contributed by atoms with van der Waals surface area (Å²) in [6.45, 7) is 9.47. The number of pyridine rings is 1. The number of nitriles is 1. The number of phosphoric ester groups is 1. The Morgan fingerprint density at radius 3 is 2.70 bits per heavy atom. The van der Waals surface area contributed by atoms with Crippen molar-refractivity contribution in [2.75, 3.05) is 7.11 Å². The van der Waals surface area contributed by atoms with Crippen LogP contribution in [0.25, 0.3) is 11.4 Å². The molecule has 0 aliphatic heterocycles. The fourth-order valence-corrected chi connectivity index (χ4v) is 3.77. The van der Waals surface area contributed by atoms with Crippen LogP contribution in [0, 0.1) is 18.3 Å². The van der Waals surface area contributed by atoms with Crippen molar-refractivity contribution >= 4 is 13.4 Å². The Bertz CT molecular complexity index is 1070. The van der Waals surface area contributed by atoms with Crippen LogP contribution >= 0.6 is 7.82 Å². The van der Waals surface area contributed by atoms with Crippen molar-refractivity contribution in [3.8, 4) is 11.9 Å². The largest absolute Gasteiger partial charge is 0.472 e. The predicted octanol–water partition coefficient (Wildman–Crippen LogP) is 5.03. The van der Waals surface area contributed by atoms with Gasteiger partial charge in [-0.15, -0.1) is 0 Å². The third kappa shape index (κ3) is 5.32. The highest BCUT2D eigenvalue weighted by molar-refractivity contribution is 7.47. The molecule has 0 amide bonds. The van der Waals surface area contributed by atoms with Crippen LogP contribution in [0.5, 0.6) is 0 Å². The van der Waals surface area contributed by atoms with Gasteiger partial charge in [-0.2, -0.15) is 10.4 Å². The number of phosphoric acid groups is 1. The Labute approximate surface area is 177 Å². The van der Waals surface area contributed by atoms with Gasteiger partial charge >= 0.3 is 7.82 Å². The zero-order valence-corrected chi connectivity index (χ0v) is 19.0. The van der Waals surface area contributed by atoms with Crippen molar-refractivity contribution in [3.05, 3.63) is 58.6 Å². The molecule has 0 saturated carbocycles. The lowest BCUT2D eigenvalue weighted by Crippen LogP contribution is -2.11. The maximum Gasteiger partial charge on any atom is 0.472 e. The molecule has 0 saturated heterocycles. The van der Waals surface area contributed by atoms with Gasteiger partial charge in [0.25, 0.3) is 0 Å². The maximum absolute atomic E-state index is 11.9. The first-order valence-corrected chi connectivity index (χ1v) is 11.0. The van der Waals surface area contributed by atoms with Crippen molar-refractivity contribution in [2.24, 2.45) is 0 Å². The summed E-state index contributed by atoms with van der Waals surface area (Å²) in [5.74, 6) is 0.425. The van der Waals surface area contributed by atoms with Crippen LogP contribution in [0.4, 0.5) is 0 Å². The van der Waals surface area contributed by atoms with Crippen LogP contribution in [0.1, 0.15) is 62.9 Å². The molecule has 0 spiro atoms. The molecule has 2 unspecified atom stereocenters. The summed E-state index contributed by atoms with van der Waals surface area (Å²) in [6, 6.07) is 7.32. The van der Waals surface area contributed by atoms with E-state index >= 15 is 0 Å². The van der Waals surface area contributed by atoms with E-state index in [0.29, 0.717) is 17.1 Å². The molecule has 30 heavy (non-hydrogen) atoms. The van der Waals surface area contributed by atoms with E-state index in [1.807, 2.05) is 45.1 Å². The van der Waals surface area contributed by atoms with E-state index in [2.05, 4.69) is 16.5 Å². The zero-order valence-electron chi connectivity index (χ0n) is 18.1. The molecule has 160 valence electrons. The normalized spacial score (nSPS) is 15.5. The summed E-state index contributed by atoms with van der Waals surface area (Å²) in [4.78, 5) is 14.5.